The summed E-state index contributed by atoms with van der Waals surface area (Å²) in [6.07, 6.45) is 5.22. The van der Waals surface area contributed by atoms with E-state index in [9.17, 15) is 4.79 Å². The molecule has 0 spiro atoms. The molecule has 0 N–H and O–H groups in total. The highest BCUT2D eigenvalue weighted by Crippen LogP contribution is 2.16. The van der Waals surface area contributed by atoms with Crippen LogP contribution in [0.25, 0.3) is 0 Å². The molecule has 2 heteroatoms. The maximum atomic E-state index is 11.6. The van der Waals surface area contributed by atoms with E-state index in [1.807, 2.05) is 26.0 Å². The molecule has 108 valence electrons. The number of carbonyl (C=O) groups excluding carboxylic acids is 1. The van der Waals surface area contributed by atoms with Gasteiger partial charge in [0.1, 0.15) is 5.78 Å². The fraction of sp³-hybridized carbons (Fsp3) is 0.389. The zero-order valence-electron chi connectivity index (χ0n) is 12.6. The molecular formula is C18H25NO. The Labute approximate surface area is 122 Å². The third-order valence-corrected chi connectivity index (χ3v) is 3.30. The normalized spacial score (nSPS) is 10.3. The molecule has 0 atom stereocenters. The number of rotatable bonds is 9. The number of ketones is 1. The fourth-order valence-electron chi connectivity index (χ4n) is 2.03. The monoisotopic (exact) mass is 271 g/mol. The van der Waals surface area contributed by atoms with E-state index in [1.165, 1.54) is 5.56 Å². The summed E-state index contributed by atoms with van der Waals surface area (Å²) in [6, 6.07) is 8.40. The van der Waals surface area contributed by atoms with E-state index in [4.69, 9.17) is 0 Å². The predicted molar refractivity (Wildman–Crippen MR) is 87.2 cm³/mol. The van der Waals surface area contributed by atoms with E-state index >= 15 is 0 Å². The Hall–Kier alpha value is -1.83. The lowest BCUT2D eigenvalue weighted by Crippen LogP contribution is -2.22. The van der Waals surface area contributed by atoms with Gasteiger partial charge in [-0.25, -0.2) is 0 Å². The van der Waals surface area contributed by atoms with Crippen LogP contribution >= 0.6 is 0 Å². The Balaban J connectivity index is 2.65. The highest BCUT2D eigenvalue weighted by atomic mass is 16.1. The fourth-order valence-corrected chi connectivity index (χ4v) is 2.03. The molecule has 0 radical (unpaired) electrons. The summed E-state index contributed by atoms with van der Waals surface area (Å²) in [6.45, 7) is 13.1. The van der Waals surface area contributed by atoms with Crippen molar-refractivity contribution < 1.29 is 4.79 Å². The van der Waals surface area contributed by atoms with Crippen molar-refractivity contribution in [1.29, 1.82) is 0 Å². The zero-order valence-corrected chi connectivity index (χ0v) is 12.6. The van der Waals surface area contributed by atoms with Crippen molar-refractivity contribution in [2.75, 3.05) is 18.0 Å². The van der Waals surface area contributed by atoms with Gasteiger partial charge in [-0.1, -0.05) is 38.1 Å². The first-order valence-corrected chi connectivity index (χ1v) is 7.17. The van der Waals surface area contributed by atoms with Crippen molar-refractivity contribution >= 4 is 11.5 Å². The largest absolute Gasteiger partial charge is 0.364 e. The Morgan fingerprint density at radius 3 is 2.15 bits per heavy atom. The Kier molecular flexibility index (Phi) is 6.78. The van der Waals surface area contributed by atoms with E-state index in [1.54, 1.807) is 0 Å². The number of anilines is 1. The van der Waals surface area contributed by atoms with Crippen LogP contribution in [-0.4, -0.2) is 18.9 Å². The molecular weight excluding hydrogens is 246 g/mol. The number of benzene rings is 1. The average molecular weight is 271 g/mol. The lowest BCUT2D eigenvalue weighted by atomic mass is 10.0. The lowest BCUT2D eigenvalue weighted by Gasteiger charge is -2.21. The molecule has 0 aliphatic heterocycles. The van der Waals surface area contributed by atoms with Crippen LogP contribution in [0.4, 0.5) is 5.69 Å². The first-order valence-electron chi connectivity index (χ1n) is 7.17. The smallest absolute Gasteiger partial charge is 0.135 e. The van der Waals surface area contributed by atoms with Gasteiger partial charge >= 0.3 is 0 Å². The van der Waals surface area contributed by atoms with Gasteiger partial charge < -0.3 is 4.90 Å². The molecule has 2 nitrogen and oxygen atoms in total. The van der Waals surface area contributed by atoms with Crippen LogP contribution in [0.15, 0.2) is 49.6 Å². The van der Waals surface area contributed by atoms with Crippen LogP contribution in [-0.2, 0) is 11.2 Å². The van der Waals surface area contributed by atoms with Gasteiger partial charge in [0.15, 0.2) is 0 Å². The van der Waals surface area contributed by atoms with Gasteiger partial charge in [0.2, 0.25) is 0 Å². The number of Topliss-reactive ketones (excluding diaryl/α,β-unsaturated/α-hetero) is 1. The number of nitrogens with zero attached hydrogens (tertiary/aromatic N) is 1. The van der Waals surface area contributed by atoms with Gasteiger partial charge in [0, 0.05) is 31.1 Å². The second-order valence-electron chi connectivity index (χ2n) is 5.27. The number of hydrogen-bond acceptors (Lipinski definition) is 2. The molecule has 1 aromatic carbocycles. The second-order valence-corrected chi connectivity index (χ2v) is 5.27. The van der Waals surface area contributed by atoms with Gasteiger partial charge in [-0.2, -0.15) is 0 Å². The maximum absolute atomic E-state index is 11.6. The molecule has 0 bridgehead atoms. The summed E-state index contributed by atoms with van der Waals surface area (Å²) in [5.41, 5.74) is 2.36. The van der Waals surface area contributed by atoms with E-state index in [-0.39, 0.29) is 5.92 Å². The first-order chi connectivity index (χ1) is 9.58. The summed E-state index contributed by atoms with van der Waals surface area (Å²) in [5.74, 6) is 0.457. The van der Waals surface area contributed by atoms with Gasteiger partial charge in [0.05, 0.1) is 0 Å². The average Bonchev–Trinajstić information content (AvgIpc) is 2.45. The molecule has 0 fully saturated rings. The molecule has 0 aromatic heterocycles. The molecule has 0 aliphatic rings. The highest BCUT2D eigenvalue weighted by molar-refractivity contribution is 5.80. The van der Waals surface area contributed by atoms with Crippen LogP contribution in [0.5, 0.6) is 0 Å². The third-order valence-electron chi connectivity index (χ3n) is 3.30. The summed E-state index contributed by atoms with van der Waals surface area (Å²) in [5, 5.41) is 0. The molecule has 0 unspecified atom stereocenters. The van der Waals surface area contributed by atoms with Crippen LogP contribution in [0.1, 0.15) is 25.8 Å². The summed E-state index contributed by atoms with van der Waals surface area (Å²) >= 11 is 0. The number of hydrogen-bond donors (Lipinski definition) is 0. The summed E-state index contributed by atoms with van der Waals surface area (Å²) in [7, 11) is 0. The van der Waals surface area contributed by atoms with E-state index < -0.39 is 0 Å². The molecule has 1 rings (SSSR count). The van der Waals surface area contributed by atoms with Crippen molar-refractivity contribution in [3.8, 4) is 0 Å². The minimum absolute atomic E-state index is 0.130. The predicted octanol–water partition coefficient (Wildman–Crippen LogP) is 4.02. The van der Waals surface area contributed by atoms with Gasteiger partial charge in [0.25, 0.3) is 0 Å². The van der Waals surface area contributed by atoms with Gasteiger partial charge in [-0.3, -0.25) is 4.79 Å². The molecule has 20 heavy (non-hydrogen) atoms. The highest BCUT2D eigenvalue weighted by Gasteiger charge is 2.08. The first kappa shape index (κ1) is 16.2. The molecule has 0 heterocycles. The topological polar surface area (TPSA) is 20.3 Å². The Bertz CT molecular complexity index is 435. The van der Waals surface area contributed by atoms with Gasteiger partial charge in [-0.05, 0) is 24.1 Å². The summed E-state index contributed by atoms with van der Waals surface area (Å²) in [4.78, 5) is 13.8. The lowest BCUT2D eigenvalue weighted by molar-refractivity contribution is -0.121. The van der Waals surface area contributed by atoms with Crippen LogP contribution < -0.4 is 4.90 Å². The van der Waals surface area contributed by atoms with E-state index in [0.29, 0.717) is 12.2 Å². The summed E-state index contributed by atoms with van der Waals surface area (Å²) < 4.78 is 0. The SMILES string of the molecule is C=CCN(CC=C)c1ccc(CCC(=O)C(C)C)cc1. The number of carbonyl (C=O) groups is 1. The third kappa shape index (κ3) is 5.04. The van der Waals surface area contributed by atoms with Crippen molar-refractivity contribution in [2.24, 2.45) is 5.92 Å². The van der Waals surface area contributed by atoms with Crippen molar-refractivity contribution in [2.45, 2.75) is 26.7 Å². The maximum Gasteiger partial charge on any atom is 0.135 e. The van der Waals surface area contributed by atoms with Crippen LogP contribution in [0.3, 0.4) is 0 Å². The molecule has 0 saturated carbocycles. The van der Waals surface area contributed by atoms with E-state index in [0.717, 1.165) is 25.2 Å². The molecule has 1 aromatic rings. The minimum Gasteiger partial charge on any atom is -0.364 e. The molecule has 0 saturated heterocycles. The van der Waals surface area contributed by atoms with Crippen LogP contribution in [0, 0.1) is 5.92 Å². The zero-order chi connectivity index (χ0) is 15.0. The van der Waals surface area contributed by atoms with Crippen LogP contribution in [0.2, 0.25) is 0 Å². The van der Waals surface area contributed by atoms with Gasteiger partial charge in [-0.15, -0.1) is 13.2 Å². The van der Waals surface area contributed by atoms with Crippen molar-refractivity contribution in [3.63, 3.8) is 0 Å². The Morgan fingerprint density at radius 2 is 1.70 bits per heavy atom. The Morgan fingerprint density at radius 1 is 1.15 bits per heavy atom. The molecule has 0 amide bonds. The quantitative estimate of drug-likeness (QED) is 0.632. The van der Waals surface area contributed by atoms with Crippen molar-refractivity contribution in [3.05, 3.63) is 55.1 Å². The molecule has 0 aliphatic carbocycles. The van der Waals surface area contributed by atoms with Crippen molar-refractivity contribution in [1.82, 2.24) is 0 Å². The standard InChI is InChI=1S/C18H25NO/c1-5-13-19(14-6-2)17-10-7-16(8-11-17)9-12-18(20)15(3)4/h5-8,10-11,15H,1-2,9,12-14H2,3-4H3. The second kappa shape index (κ2) is 8.36. The van der Waals surface area contributed by atoms with E-state index in [2.05, 4.69) is 42.3 Å². The minimum atomic E-state index is 0.130. The number of aryl methyl sites for hydroxylation is 1.